The van der Waals surface area contributed by atoms with Crippen molar-refractivity contribution >= 4 is 11.1 Å². The molecule has 2 aromatic carbocycles. The Morgan fingerprint density at radius 1 is 1.15 bits per heavy atom. The molecule has 0 aliphatic rings. The summed E-state index contributed by atoms with van der Waals surface area (Å²) in [5.74, 6) is 1.13. The van der Waals surface area contributed by atoms with E-state index < -0.39 is 0 Å². The van der Waals surface area contributed by atoms with Crippen LogP contribution in [-0.4, -0.2) is 12.1 Å². The summed E-state index contributed by atoms with van der Waals surface area (Å²) >= 11 is 0. The summed E-state index contributed by atoms with van der Waals surface area (Å²) in [6.45, 7) is 0.444. The van der Waals surface area contributed by atoms with E-state index in [0.29, 0.717) is 23.6 Å². The summed E-state index contributed by atoms with van der Waals surface area (Å²) in [6, 6.07) is 13.0. The number of hydrogen-bond acceptors (Lipinski definition) is 5. The Kier molecular flexibility index (Phi) is 3.26. The van der Waals surface area contributed by atoms with Gasteiger partial charge in [-0.3, -0.25) is 0 Å². The van der Waals surface area contributed by atoms with Crippen molar-refractivity contribution in [3.8, 4) is 17.6 Å². The van der Waals surface area contributed by atoms with Crippen LogP contribution in [0.1, 0.15) is 5.56 Å². The van der Waals surface area contributed by atoms with Crippen LogP contribution in [0, 0.1) is 0 Å². The van der Waals surface area contributed by atoms with Crippen LogP contribution in [0.25, 0.3) is 11.1 Å². The Bertz CT molecular complexity index is 704. The number of fused-ring (bicyclic) bond motifs is 1. The number of rotatable bonds is 4. The maximum absolute atomic E-state index is 5.64. The first-order valence-electron chi connectivity index (χ1n) is 6.20. The molecule has 0 amide bonds. The molecule has 0 radical (unpaired) electrons. The van der Waals surface area contributed by atoms with Crippen molar-refractivity contribution in [2.24, 2.45) is 5.73 Å². The van der Waals surface area contributed by atoms with E-state index in [1.165, 1.54) is 0 Å². The molecular weight excluding hydrogens is 256 g/mol. The lowest BCUT2D eigenvalue weighted by atomic mass is 10.2. The monoisotopic (exact) mass is 270 g/mol. The Hall–Kier alpha value is -2.53. The highest BCUT2D eigenvalue weighted by Crippen LogP contribution is 2.33. The van der Waals surface area contributed by atoms with E-state index in [2.05, 4.69) is 4.98 Å². The minimum absolute atomic E-state index is 0.185. The third-order valence-corrected chi connectivity index (χ3v) is 2.94. The number of para-hydroxylation sites is 2. The lowest BCUT2D eigenvalue weighted by Crippen LogP contribution is -1.98. The highest BCUT2D eigenvalue weighted by atomic mass is 16.6. The van der Waals surface area contributed by atoms with Gasteiger partial charge >= 0.3 is 6.08 Å². The number of aromatic nitrogens is 1. The van der Waals surface area contributed by atoms with Gasteiger partial charge in [0.05, 0.1) is 7.11 Å². The summed E-state index contributed by atoms with van der Waals surface area (Å²) in [6.07, 6.45) is 0.185. The van der Waals surface area contributed by atoms with E-state index in [1.54, 1.807) is 13.2 Å². The minimum atomic E-state index is 0.185. The lowest BCUT2D eigenvalue weighted by Gasteiger charge is -2.08. The first-order valence-corrected chi connectivity index (χ1v) is 6.20. The third kappa shape index (κ3) is 2.31. The van der Waals surface area contributed by atoms with Crippen LogP contribution >= 0.6 is 0 Å². The normalized spacial score (nSPS) is 10.7. The lowest BCUT2D eigenvalue weighted by molar-refractivity contribution is 0.319. The number of methoxy groups -OCH3 is 1. The van der Waals surface area contributed by atoms with Crippen LogP contribution in [0.15, 0.2) is 46.9 Å². The van der Waals surface area contributed by atoms with Crippen LogP contribution in [0.5, 0.6) is 17.6 Å². The van der Waals surface area contributed by atoms with Gasteiger partial charge in [0.1, 0.15) is 5.52 Å². The second-order valence-corrected chi connectivity index (χ2v) is 4.24. The van der Waals surface area contributed by atoms with Gasteiger partial charge in [-0.1, -0.05) is 18.2 Å². The van der Waals surface area contributed by atoms with Crippen molar-refractivity contribution in [3.05, 3.63) is 48.0 Å². The van der Waals surface area contributed by atoms with Gasteiger partial charge in [-0.15, -0.1) is 0 Å². The Labute approximate surface area is 115 Å². The van der Waals surface area contributed by atoms with Crippen molar-refractivity contribution in [3.63, 3.8) is 0 Å². The molecule has 20 heavy (non-hydrogen) atoms. The second-order valence-electron chi connectivity index (χ2n) is 4.24. The fourth-order valence-corrected chi connectivity index (χ4v) is 1.91. The van der Waals surface area contributed by atoms with E-state index in [0.717, 1.165) is 11.1 Å². The van der Waals surface area contributed by atoms with E-state index in [-0.39, 0.29) is 6.08 Å². The van der Waals surface area contributed by atoms with Crippen molar-refractivity contribution in [2.45, 2.75) is 6.54 Å². The molecule has 0 saturated carbocycles. The van der Waals surface area contributed by atoms with Crippen LogP contribution in [0.2, 0.25) is 0 Å². The molecule has 102 valence electrons. The molecule has 5 heteroatoms. The molecule has 0 aliphatic carbocycles. The molecular formula is C15H14N2O3. The SMILES string of the molecule is COc1cc(CN)ccc1Oc1nc2ccccc2o1. The molecule has 0 fully saturated rings. The number of benzene rings is 2. The van der Waals surface area contributed by atoms with Gasteiger partial charge in [-0.05, 0) is 29.8 Å². The van der Waals surface area contributed by atoms with Gasteiger partial charge in [0.25, 0.3) is 0 Å². The van der Waals surface area contributed by atoms with E-state index in [9.17, 15) is 0 Å². The second kappa shape index (κ2) is 5.22. The van der Waals surface area contributed by atoms with Crippen LogP contribution in [0.4, 0.5) is 0 Å². The summed E-state index contributed by atoms with van der Waals surface area (Å²) in [7, 11) is 1.58. The van der Waals surface area contributed by atoms with Crippen molar-refractivity contribution < 1.29 is 13.9 Å². The summed E-state index contributed by atoms with van der Waals surface area (Å²) in [5.41, 5.74) is 8.00. The summed E-state index contributed by atoms with van der Waals surface area (Å²) < 4.78 is 16.4. The van der Waals surface area contributed by atoms with Gasteiger partial charge in [0, 0.05) is 6.54 Å². The maximum atomic E-state index is 5.64. The Morgan fingerprint density at radius 2 is 2.00 bits per heavy atom. The topological polar surface area (TPSA) is 70.5 Å². The zero-order chi connectivity index (χ0) is 13.9. The highest BCUT2D eigenvalue weighted by molar-refractivity contribution is 5.72. The molecule has 0 atom stereocenters. The molecule has 0 saturated heterocycles. The summed E-state index contributed by atoms with van der Waals surface area (Å²) in [5, 5.41) is 0. The molecule has 1 heterocycles. The summed E-state index contributed by atoms with van der Waals surface area (Å²) in [4.78, 5) is 4.26. The minimum Gasteiger partial charge on any atom is -0.493 e. The Balaban J connectivity index is 1.93. The van der Waals surface area contributed by atoms with Gasteiger partial charge in [0.2, 0.25) is 0 Å². The number of hydrogen-bond donors (Lipinski definition) is 1. The first-order chi connectivity index (χ1) is 9.80. The third-order valence-electron chi connectivity index (χ3n) is 2.94. The van der Waals surface area contributed by atoms with Crippen molar-refractivity contribution in [1.29, 1.82) is 0 Å². The van der Waals surface area contributed by atoms with Crippen molar-refractivity contribution in [2.75, 3.05) is 7.11 Å². The number of oxazole rings is 1. The standard InChI is InChI=1S/C15H14N2O3/c1-18-14-8-10(9-16)6-7-13(14)20-15-17-11-4-2-3-5-12(11)19-15/h2-8H,9,16H2,1H3. The van der Waals surface area contributed by atoms with Crippen LogP contribution in [0.3, 0.4) is 0 Å². The molecule has 0 aliphatic heterocycles. The van der Waals surface area contributed by atoms with Crippen molar-refractivity contribution in [1.82, 2.24) is 4.98 Å². The smallest absolute Gasteiger partial charge is 0.400 e. The quantitative estimate of drug-likeness (QED) is 0.788. The molecule has 1 aromatic heterocycles. The molecule has 0 unspecified atom stereocenters. The number of nitrogens with zero attached hydrogens (tertiary/aromatic N) is 1. The van der Waals surface area contributed by atoms with Crippen LogP contribution < -0.4 is 15.2 Å². The molecule has 5 nitrogen and oxygen atoms in total. The largest absolute Gasteiger partial charge is 0.493 e. The maximum Gasteiger partial charge on any atom is 0.400 e. The van der Waals surface area contributed by atoms with Gasteiger partial charge in [-0.25, -0.2) is 0 Å². The Morgan fingerprint density at radius 3 is 2.75 bits per heavy atom. The highest BCUT2D eigenvalue weighted by Gasteiger charge is 2.11. The van der Waals surface area contributed by atoms with E-state index in [1.807, 2.05) is 36.4 Å². The van der Waals surface area contributed by atoms with Crippen LogP contribution in [-0.2, 0) is 6.54 Å². The molecule has 2 N–H and O–H groups in total. The predicted molar refractivity (Wildman–Crippen MR) is 75.0 cm³/mol. The van der Waals surface area contributed by atoms with E-state index in [4.69, 9.17) is 19.6 Å². The molecule has 0 bridgehead atoms. The van der Waals surface area contributed by atoms with Gasteiger partial charge < -0.3 is 19.6 Å². The molecule has 3 rings (SSSR count). The average Bonchev–Trinajstić information content (AvgIpc) is 2.90. The van der Waals surface area contributed by atoms with Gasteiger partial charge in [-0.2, -0.15) is 4.98 Å². The first kappa shape index (κ1) is 12.5. The zero-order valence-corrected chi connectivity index (χ0v) is 11.0. The molecule has 3 aromatic rings. The number of nitrogens with two attached hydrogens (primary N) is 1. The fourth-order valence-electron chi connectivity index (χ4n) is 1.91. The zero-order valence-electron chi connectivity index (χ0n) is 11.0. The average molecular weight is 270 g/mol. The fraction of sp³-hybridized carbons (Fsp3) is 0.133. The predicted octanol–water partition coefficient (Wildman–Crippen LogP) is 3.09. The molecule has 0 spiro atoms. The van der Waals surface area contributed by atoms with E-state index >= 15 is 0 Å². The number of ether oxygens (including phenoxy) is 2. The van der Waals surface area contributed by atoms with Gasteiger partial charge in [0.15, 0.2) is 17.1 Å².